The highest BCUT2D eigenvalue weighted by Gasteiger charge is 2.29. The maximum atomic E-state index is 12.0. The summed E-state index contributed by atoms with van der Waals surface area (Å²) in [6.07, 6.45) is 2.41. The van der Waals surface area contributed by atoms with Gasteiger partial charge in [-0.2, -0.15) is 0 Å². The van der Waals surface area contributed by atoms with Gasteiger partial charge in [-0.1, -0.05) is 6.07 Å². The number of nitrogen functional groups attached to an aromatic ring is 1. The third kappa shape index (κ3) is 2.52. The van der Waals surface area contributed by atoms with Crippen LogP contribution in [-0.2, 0) is 0 Å². The number of para-hydroxylation sites is 1. The summed E-state index contributed by atoms with van der Waals surface area (Å²) in [5, 5.41) is 2.98. The zero-order valence-corrected chi connectivity index (χ0v) is 10.2. The van der Waals surface area contributed by atoms with E-state index in [1.165, 1.54) is 12.8 Å². The molecule has 1 atom stereocenters. The lowest BCUT2D eigenvalue weighted by Gasteiger charge is -2.14. The summed E-state index contributed by atoms with van der Waals surface area (Å²) in [6, 6.07) is 5.45. The fourth-order valence-corrected chi connectivity index (χ4v) is 1.92. The Balaban J connectivity index is 2.12. The van der Waals surface area contributed by atoms with Crippen LogP contribution < -0.4 is 15.8 Å². The fourth-order valence-electron chi connectivity index (χ4n) is 1.92. The molecule has 0 bridgehead atoms. The number of nitrogens with two attached hydrogens (primary N) is 1. The molecule has 0 radical (unpaired) electrons. The van der Waals surface area contributed by atoms with E-state index in [1.807, 2.05) is 6.92 Å². The Morgan fingerprint density at radius 2 is 2.24 bits per heavy atom. The molecule has 1 aromatic carbocycles. The van der Waals surface area contributed by atoms with E-state index in [9.17, 15) is 4.79 Å². The highest BCUT2D eigenvalue weighted by atomic mass is 16.5. The van der Waals surface area contributed by atoms with E-state index >= 15 is 0 Å². The minimum atomic E-state index is -0.124. The van der Waals surface area contributed by atoms with Crippen LogP contribution in [-0.4, -0.2) is 19.1 Å². The van der Waals surface area contributed by atoms with Crippen molar-refractivity contribution < 1.29 is 9.53 Å². The predicted molar refractivity (Wildman–Crippen MR) is 67.1 cm³/mol. The topological polar surface area (TPSA) is 64.3 Å². The fraction of sp³-hybridized carbons (Fsp3) is 0.462. The van der Waals surface area contributed by atoms with Crippen molar-refractivity contribution in [2.24, 2.45) is 5.92 Å². The van der Waals surface area contributed by atoms with Crippen molar-refractivity contribution in [2.45, 2.75) is 25.8 Å². The van der Waals surface area contributed by atoms with E-state index in [2.05, 4.69) is 5.32 Å². The number of anilines is 1. The van der Waals surface area contributed by atoms with E-state index in [4.69, 9.17) is 10.5 Å². The second-order valence-electron chi connectivity index (χ2n) is 4.52. The Labute approximate surface area is 101 Å². The van der Waals surface area contributed by atoms with Gasteiger partial charge in [-0.25, -0.2) is 0 Å². The molecule has 17 heavy (non-hydrogen) atoms. The molecule has 4 heteroatoms. The Hall–Kier alpha value is -1.71. The van der Waals surface area contributed by atoms with Gasteiger partial charge >= 0.3 is 0 Å². The first-order valence-corrected chi connectivity index (χ1v) is 5.87. The molecule has 4 nitrogen and oxygen atoms in total. The number of rotatable bonds is 4. The zero-order valence-electron chi connectivity index (χ0n) is 10.2. The number of carbonyl (C=O) groups excluding carboxylic acids is 1. The quantitative estimate of drug-likeness (QED) is 0.781. The van der Waals surface area contributed by atoms with Crippen LogP contribution in [0, 0.1) is 5.92 Å². The molecule has 92 valence electrons. The van der Waals surface area contributed by atoms with Gasteiger partial charge < -0.3 is 15.8 Å². The molecule has 3 N–H and O–H groups in total. The summed E-state index contributed by atoms with van der Waals surface area (Å²) in [7, 11) is 1.54. The lowest BCUT2D eigenvalue weighted by Crippen LogP contribution is -2.34. The van der Waals surface area contributed by atoms with Gasteiger partial charge in [0, 0.05) is 6.04 Å². The minimum Gasteiger partial charge on any atom is -0.495 e. The zero-order chi connectivity index (χ0) is 12.4. The Kier molecular flexibility index (Phi) is 3.22. The van der Waals surface area contributed by atoms with Gasteiger partial charge in [-0.15, -0.1) is 0 Å². The van der Waals surface area contributed by atoms with Gasteiger partial charge in [0.2, 0.25) is 0 Å². The number of nitrogens with one attached hydrogen (secondary N) is 1. The number of benzene rings is 1. The Morgan fingerprint density at radius 3 is 2.82 bits per heavy atom. The molecule has 0 aliphatic heterocycles. The van der Waals surface area contributed by atoms with E-state index in [0.717, 1.165) is 0 Å². The molecule has 0 aromatic heterocycles. The van der Waals surface area contributed by atoms with Gasteiger partial charge in [-0.05, 0) is 37.8 Å². The lowest BCUT2D eigenvalue weighted by atomic mass is 10.1. The normalized spacial score (nSPS) is 16.4. The van der Waals surface area contributed by atoms with Crippen LogP contribution in [0.4, 0.5) is 5.69 Å². The number of carbonyl (C=O) groups is 1. The maximum absolute atomic E-state index is 12.0. The van der Waals surface area contributed by atoms with Gasteiger partial charge in [0.15, 0.2) is 0 Å². The first-order chi connectivity index (χ1) is 8.13. The van der Waals surface area contributed by atoms with Gasteiger partial charge in [0.05, 0.1) is 18.4 Å². The third-order valence-electron chi connectivity index (χ3n) is 3.22. The first kappa shape index (κ1) is 11.8. The van der Waals surface area contributed by atoms with Crippen molar-refractivity contribution >= 4 is 11.6 Å². The second kappa shape index (κ2) is 4.65. The molecule has 1 amide bonds. The van der Waals surface area contributed by atoms with Crippen LogP contribution >= 0.6 is 0 Å². The molecular formula is C13H18N2O2. The van der Waals surface area contributed by atoms with Gasteiger partial charge in [-0.3, -0.25) is 4.79 Å². The van der Waals surface area contributed by atoms with Crippen molar-refractivity contribution in [1.82, 2.24) is 5.32 Å². The summed E-state index contributed by atoms with van der Waals surface area (Å²) in [6.45, 7) is 2.03. The summed E-state index contributed by atoms with van der Waals surface area (Å²) < 4.78 is 5.10. The average molecular weight is 234 g/mol. The number of amides is 1. The average Bonchev–Trinajstić information content (AvgIpc) is 3.12. The molecule has 2 rings (SSSR count). The van der Waals surface area contributed by atoms with E-state index < -0.39 is 0 Å². The first-order valence-electron chi connectivity index (χ1n) is 5.87. The van der Waals surface area contributed by atoms with Crippen molar-refractivity contribution in [2.75, 3.05) is 12.8 Å². The Bertz CT molecular complexity index is 427. The van der Waals surface area contributed by atoms with Crippen molar-refractivity contribution in [1.29, 1.82) is 0 Å². The lowest BCUT2D eigenvalue weighted by molar-refractivity contribution is 0.0936. The predicted octanol–water partition coefficient (Wildman–Crippen LogP) is 1.81. The minimum absolute atomic E-state index is 0.124. The Morgan fingerprint density at radius 1 is 1.53 bits per heavy atom. The maximum Gasteiger partial charge on any atom is 0.253 e. The number of hydrogen-bond acceptors (Lipinski definition) is 3. The molecular weight excluding hydrogens is 216 g/mol. The molecule has 0 spiro atoms. The molecule has 1 aromatic rings. The second-order valence-corrected chi connectivity index (χ2v) is 4.52. The number of methoxy groups -OCH3 is 1. The van der Waals surface area contributed by atoms with Crippen LogP contribution in [0.3, 0.4) is 0 Å². The number of hydrogen-bond donors (Lipinski definition) is 2. The monoisotopic (exact) mass is 234 g/mol. The summed E-state index contributed by atoms with van der Waals surface area (Å²) in [5.41, 5.74) is 6.76. The third-order valence-corrected chi connectivity index (χ3v) is 3.22. The smallest absolute Gasteiger partial charge is 0.253 e. The van der Waals surface area contributed by atoms with Gasteiger partial charge in [0.1, 0.15) is 5.75 Å². The van der Waals surface area contributed by atoms with Crippen molar-refractivity contribution in [3.8, 4) is 5.75 Å². The summed E-state index contributed by atoms with van der Waals surface area (Å²) in [4.78, 5) is 12.0. The van der Waals surface area contributed by atoms with E-state index in [-0.39, 0.29) is 11.9 Å². The molecule has 1 unspecified atom stereocenters. The van der Waals surface area contributed by atoms with Crippen LogP contribution in [0.1, 0.15) is 30.1 Å². The number of ether oxygens (including phenoxy) is 1. The van der Waals surface area contributed by atoms with E-state index in [0.29, 0.717) is 22.9 Å². The SMILES string of the molecule is COc1cccc(C(=O)NC(C)C2CC2)c1N. The molecule has 0 saturated heterocycles. The summed E-state index contributed by atoms with van der Waals surface area (Å²) in [5.74, 6) is 1.04. The van der Waals surface area contributed by atoms with E-state index in [1.54, 1.807) is 25.3 Å². The van der Waals surface area contributed by atoms with Crippen LogP contribution in [0.25, 0.3) is 0 Å². The van der Waals surface area contributed by atoms with Crippen LogP contribution in [0.5, 0.6) is 5.75 Å². The largest absolute Gasteiger partial charge is 0.495 e. The molecule has 1 saturated carbocycles. The van der Waals surface area contributed by atoms with Crippen molar-refractivity contribution in [3.05, 3.63) is 23.8 Å². The van der Waals surface area contributed by atoms with Crippen molar-refractivity contribution in [3.63, 3.8) is 0 Å². The standard InChI is InChI=1S/C13H18N2O2/c1-8(9-6-7-9)15-13(16)10-4-3-5-11(17-2)12(10)14/h3-5,8-9H,6-7,14H2,1-2H3,(H,15,16). The molecule has 1 aliphatic rings. The van der Waals surface area contributed by atoms with Crippen LogP contribution in [0.2, 0.25) is 0 Å². The van der Waals surface area contributed by atoms with Gasteiger partial charge in [0.25, 0.3) is 5.91 Å². The molecule has 0 heterocycles. The highest BCUT2D eigenvalue weighted by molar-refractivity contribution is 6.00. The summed E-state index contributed by atoms with van der Waals surface area (Å²) >= 11 is 0. The highest BCUT2D eigenvalue weighted by Crippen LogP contribution is 2.32. The van der Waals surface area contributed by atoms with Crippen LogP contribution in [0.15, 0.2) is 18.2 Å². The molecule has 1 fully saturated rings. The molecule has 1 aliphatic carbocycles.